The van der Waals surface area contributed by atoms with Gasteiger partial charge in [-0.2, -0.15) is 0 Å². The monoisotopic (exact) mass is 344 g/mol. The normalized spacial score (nSPS) is 26.0. The van der Waals surface area contributed by atoms with Crippen LogP contribution in [0.2, 0.25) is 0 Å². The second-order valence-electron chi connectivity index (χ2n) is 6.54. The number of benzene rings is 1. The number of carbonyl (C=O) groups is 1. The molecule has 1 aliphatic heterocycles. The van der Waals surface area contributed by atoms with E-state index in [2.05, 4.69) is 4.90 Å². The first-order valence-corrected chi connectivity index (χ1v) is 9.09. The molecular formula is C18H20N2O3S. The van der Waals surface area contributed by atoms with E-state index in [0.29, 0.717) is 12.5 Å². The Balaban J connectivity index is 1.56. The van der Waals surface area contributed by atoms with Crippen LogP contribution in [0.15, 0.2) is 29.6 Å². The molecule has 6 heteroatoms. The standard InChI is InChI=1S/C18H20N2O3S/c1-23-15-7-3-2-6-14(15)16-19-13(11-24-16)10-20-8-4-5-12-9-18(12,20)17(21)22/h2-3,6-7,11-12H,4-5,8-10H2,1H3,(H,21,22)/t12-,18+/m1/s1. The van der Waals surface area contributed by atoms with E-state index in [1.165, 1.54) is 0 Å². The number of aliphatic carboxylic acids is 1. The third-order valence-electron chi connectivity index (χ3n) is 5.23. The van der Waals surface area contributed by atoms with Gasteiger partial charge in [-0.3, -0.25) is 9.69 Å². The van der Waals surface area contributed by atoms with Crippen molar-refractivity contribution >= 4 is 17.3 Å². The Morgan fingerprint density at radius 3 is 3.12 bits per heavy atom. The zero-order valence-corrected chi connectivity index (χ0v) is 14.4. The summed E-state index contributed by atoms with van der Waals surface area (Å²) in [6.45, 7) is 1.44. The number of nitrogens with zero attached hydrogens (tertiary/aromatic N) is 2. The quantitative estimate of drug-likeness (QED) is 0.902. The van der Waals surface area contributed by atoms with Gasteiger partial charge in [-0.25, -0.2) is 4.98 Å². The van der Waals surface area contributed by atoms with E-state index < -0.39 is 11.5 Å². The molecule has 1 aromatic heterocycles. The number of aromatic nitrogens is 1. The summed E-state index contributed by atoms with van der Waals surface area (Å²) in [5, 5.41) is 12.6. The molecule has 1 saturated carbocycles. The molecule has 4 rings (SSSR count). The fraction of sp³-hybridized carbons (Fsp3) is 0.444. The molecule has 2 fully saturated rings. The van der Waals surface area contributed by atoms with Crippen molar-refractivity contribution in [1.82, 2.24) is 9.88 Å². The number of carboxylic acid groups (broad SMARTS) is 1. The van der Waals surface area contributed by atoms with Gasteiger partial charge in [-0.1, -0.05) is 12.1 Å². The summed E-state index contributed by atoms with van der Waals surface area (Å²) in [5.74, 6) is 0.448. The second kappa shape index (κ2) is 5.86. The molecule has 0 spiro atoms. The van der Waals surface area contributed by atoms with Crippen LogP contribution in [0.4, 0.5) is 0 Å². The number of rotatable bonds is 5. The number of hydrogen-bond donors (Lipinski definition) is 1. The minimum Gasteiger partial charge on any atom is -0.496 e. The van der Waals surface area contributed by atoms with Gasteiger partial charge in [-0.15, -0.1) is 11.3 Å². The van der Waals surface area contributed by atoms with Crippen LogP contribution >= 0.6 is 11.3 Å². The van der Waals surface area contributed by atoms with Gasteiger partial charge in [0.2, 0.25) is 0 Å². The molecule has 2 atom stereocenters. The van der Waals surface area contributed by atoms with Crippen LogP contribution < -0.4 is 4.74 Å². The molecule has 1 aromatic carbocycles. The van der Waals surface area contributed by atoms with E-state index in [-0.39, 0.29) is 0 Å². The molecule has 0 amide bonds. The largest absolute Gasteiger partial charge is 0.496 e. The second-order valence-corrected chi connectivity index (χ2v) is 7.40. The lowest BCUT2D eigenvalue weighted by Crippen LogP contribution is -2.47. The number of likely N-dealkylation sites (tertiary alicyclic amines) is 1. The molecule has 0 unspecified atom stereocenters. The topological polar surface area (TPSA) is 62.7 Å². The van der Waals surface area contributed by atoms with Crippen LogP contribution in [0.5, 0.6) is 5.75 Å². The summed E-state index contributed by atoms with van der Waals surface area (Å²) < 4.78 is 5.41. The molecule has 1 saturated heterocycles. The molecule has 5 nitrogen and oxygen atoms in total. The number of piperidine rings is 1. The van der Waals surface area contributed by atoms with Crippen molar-refractivity contribution in [2.45, 2.75) is 31.3 Å². The Morgan fingerprint density at radius 1 is 1.50 bits per heavy atom. The van der Waals surface area contributed by atoms with E-state index in [0.717, 1.165) is 47.8 Å². The van der Waals surface area contributed by atoms with Crippen molar-refractivity contribution < 1.29 is 14.6 Å². The predicted octanol–water partition coefficient (Wildman–Crippen LogP) is 3.26. The minimum absolute atomic E-state index is 0.316. The minimum atomic E-state index is -0.674. The first kappa shape index (κ1) is 15.6. The highest BCUT2D eigenvalue weighted by Crippen LogP contribution is 2.54. The third-order valence-corrected chi connectivity index (χ3v) is 6.15. The van der Waals surface area contributed by atoms with Crippen molar-refractivity contribution in [2.24, 2.45) is 5.92 Å². The summed E-state index contributed by atoms with van der Waals surface area (Å²) in [6, 6.07) is 7.83. The van der Waals surface area contributed by atoms with Crippen molar-refractivity contribution in [3.8, 4) is 16.3 Å². The van der Waals surface area contributed by atoms with Gasteiger partial charge in [0.1, 0.15) is 16.3 Å². The van der Waals surface area contributed by atoms with Crippen molar-refractivity contribution in [3.63, 3.8) is 0 Å². The van der Waals surface area contributed by atoms with Crippen molar-refractivity contribution in [2.75, 3.05) is 13.7 Å². The Kier molecular flexibility index (Phi) is 3.81. The average molecular weight is 344 g/mol. The number of methoxy groups -OCH3 is 1. The van der Waals surface area contributed by atoms with Crippen LogP contribution in [-0.4, -0.2) is 40.2 Å². The molecule has 24 heavy (non-hydrogen) atoms. The molecule has 2 aliphatic rings. The fourth-order valence-corrected chi connectivity index (χ4v) is 4.75. The van der Waals surface area contributed by atoms with Crippen LogP contribution in [-0.2, 0) is 11.3 Å². The highest BCUT2D eigenvalue weighted by molar-refractivity contribution is 7.13. The summed E-state index contributed by atoms with van der Waals surface area (Å²) in [7, 11) is 1.66. The first-order chi connectivity index (χ1) is 11.6. The number of ether oxygens (including phenoxy) is 1. The maximum atomic E-state index is 11.8. The Bertz CT molecular complexity index is 775. The first-order valence-electron chi connectivity index (χ1n) is 8.21. The molecule has 126 valence electrons. The zero-order valence-electron chi connectivity index (χ0n) is 13.6. The zero-order chi connectivity index (χ0) is 16.7. The van der Waals surface area contributed by atoms with Crippen molar-refractivity contribution in [1.29, 1.82) is 0 Å². The predicted molar refractivity (Wildman–Crippen MR) is 92.2 cm³/mol. The van der Waals surface area contributed by atoms with Gasteiger partial charge in [0.05, 0.1) is 18.4 Å². The molecule has 1 aliphatic carbocycles. The number of thiazole rings is 1. The number of carboxylic acids is 1. The van der Waals surface area contributed by atoms with Gasteiger partial charge >= 0.3 is 5.97 Å². The Hall–Kier alpha value is -1.92. The lowest BCUT2D eigenvalue weighted by atomic mass is 10.0. The smallest absolute Gasteiger partial charge is 0.324 e. The van der Waals surface area contributed by atoms with E-state index in [1.54, 1.807) is 18.4 Å². The van der Waals surface area contributed by atoms with E-state index in [1.807, 2.05) is 29.6 Å². The SMILES string of the molecule is COc1ccccc1-c1nc(CN2CCC[C@@H]3C[C@@]32C(=O)O)cs1. The molecule has 1 N–H and O–H groups in total. The third kappa shape index (κ3) is 2.41. The number of hydrogen-bond acceptors (Lipinski definition) is 5. The van der Waals surface area contributed by atoms with Crippen LogP contribution in [0, 0.1) is 5.92 Å². The summed E-state index contributed by atoms with van der Waals surface area (Å²) in [4.78, 5) is 18.6. The average Bonchev–Trinajstić information content (AvgIpc) is 3.20. The van der Waals surface area contributed by atoms with E-state index in [9.17, 15) is 9.90 Å². The molecule has 0 radical (unpaired) electrons. The summed E-state index contributed by atoms with van der Waals surface area (Å²) in [5.41, 5.74) is 1.29. The van der Waals surface area contributed by atoms with Gasteiger partial charge in [0.25, 0.3) is 0 Å². The molecule has 2 aromatic rings. The molecular weight excluding hydrogens is 324 g/mol. The lowest BCUT2D eigenvalue weighted by Gasteiger charge is -2.32. The van der Waals surface area contributed by atoms with Gasteiger partial charge in [0, 0.05) is 11.9 Å². The molecule has 0 bridgehead atoms. The van der Waals surface area contributed by atoms with Crippen LogP contribution in [0.1, 0.15) is 25.0 Å². The maximum absolute atomic E-state index is 11.8. The number of fused-ring (bicyclic) bond motifs is 1. The van der Waals surface area contributed by atoms with Crippen LogP contribution in [0.25, 0.3) is 10.6 Å². The highest BCUT2D eigenvalue weighted by Gasteiger charge is 2.65. The maximum Gasteiger partial charge on any atom is 0.324 e. The summed E-state index contributed by atoms with van der Waals surface area (Å²) >= 11 is 1.58. The number of para-hydroxylation sites is 1. The van der Waals surface area contributed by atoms with Gasteiger partial charge in [0.15, 0.2) is 0 Å². The summed E-state index contributed by atoms with van der Waals surface area (Å²) in [6.07, 6.45) is 2.89. The fourth-order valence-electron chi connectivity index (χ4n) is 3.91. The van der Waals surface area contributed by atoms with Crippen LogP contribution in [0.3, 0.4) is 0 Å². The van der Waals surface area contributed by atoms with E-state index in [4.69, 9.17) is 9.72 Å². The lowest BCUT2D eigenvalue weighted by molar-refractivity contribution is -0.147. The van der Waals surface area contributed by atoms with Gasteiger partial charge < -0.3 is 9.84 Å². The highest BCUT2D eigenvalue weighted by atomic mass is 32.1. The Labute approximate surface area is 144 Å². The van der Waals surface area contributed by atoms with E-state index >= 15 is 0 Å². The Morgan fingerprint density at radius 2 is 2.33 bits per heavy atom. The van der Waals surface area contributed by atoms with Gasteiger partial charge in [-0.05, 0) is 43.9 Å². The molecule has 2 heterocycles. The van der Waals surface area contributed by atoms with Crippen molar-refractivity contribution in [3.05, 3.63) is 35.3 Å².